The summed E-state index contributed by atoms with van der Waals surface area (Å²) in [5.74, 6) is 0.950. The smallest absolute Gasteiger partial charge is 0.222 e. The van der Waals surface area contributed by atoms with Crippen LogP contribution in [0.3, 0.4) is 0 Å². The average molecular weight is 393 g/mol. The minimum atomic E-state index is 0.0785. The van der Waals surface area contributed by atoms with Crippen molar-refractivity contribution in [2.75, 3.05) is 43.9 Å². The molecule has 0 aliphatic carbocycles. The van der Waals surface area contributed by atoms with Gasteiger partial charge in [-0.2, -0.15) is 10.1 Å². The molecule has 0 saturated carbocycles. The molecule has 1 fully saturated rings. The van der Waals surface area contributed by atoms with Crippen molar-refractivity contribution in [3.05, 3.63) is 54.4 Å². The summed E-state index contributed by atoms with van der Waals surface area (Å²) in [6.07, 6.45) is 3.77. The molecule has 0 bridgehead atoms. The highest BCUT2D eigenvalue weighted by atomic mass is 16.5. The maximum Gasteiger partial charge on any atom is 0.222 e. The Balaban J connectivity index is 1.59. The number of nitrogens with zero attached hydrogens (tertiary/aromatic N) is 5. The molecule has 0 spiro atoms. The van der Waals surface area contributed by atoms with E-state index in [4.69, 9.17) is 10.5 Å². The van der Waals surface area contributed by atoms with Crippen molar-refractivity contribution in [2.45, 2.75) is 19.5 Å². The van der Waals surface area contributed by atoms with Crippen LogP contribution in [-0.4, -0.2) is 57.5 Å². The van der Waals surface area contributed by atoms with E-state index in [0.717, 1.165) is 50.7 Å². The molecule has 0 unspecified atom stereocenters. The van der Waals surface area contributed by atoms with Gasteiger partial charge in [-0.3, -0.25) is 9.58 Å². The number of aromatic nitrogens is 4. The van der Waals surface area contributed by atoms with E-state index in [1.807, 2.05) is 29.9 Å². The lowest BCUT2D eigenvalue weighted by Gasteiger charge is -2.31. The molecule has 152 valence electrons. The minimum absolute atomic E-state index is 0.0785. The van der Waals surface area contributed by atoms with Crippen molar-refractivity contribution >= 4 is 11.8 Å². The van der Waals surface area contributed by atoms with Gasteiger partial charge in [0.05, 0.1) is 31.1 Å². The Morgan fingerprint density at radius 1 is 1.17 bits per heavy atom. The molecule has 1 aromatic carbocycles. The first kappa shape index (κ1) is 19.4. The first-order chi connectivity index (χ1) is 14.2. The maximum absolute atomic E-state index is 6.02. The highest BCUT2D eigenvalue weighted by Gasteiger charge is 2.19. The molecule has 3 heterocycles. The second-order valence-electron chi connectivity index (χ2n) is 7.10. The van der Waals surface area contributed by atoms with Gasteiger partial charge >= 0.3 is 0 Å². The molecule has 29 heavy (non-hydrogen) atoms. The standard InChI is InChI=1S/C21H27N7O/c1-2-28-14-17(13-23-28)18-12-20(26-21(22)25-18)24-19(16-6-4-3-5-7-16)15-27-8-10-29-11-9-27/h3-7,12-14,19H,2,8-11,15H2,1H3,(H3,22,24,25,26)/t19-/m0/s1. The molecule has 4 rings (SSSR count). The summed E-state index contributed by atoms with van der Waals surface area (Å²) >= 11 is 0. The Morgan fingerprint density at radius 2 is 1.97 bits per heavy atom. The largest absolute Gasteiger partial charge is 0.379 e. The normalized spacial score (nSPS) is 15.9. The van der Waals surface area contributed by atoms with Crippen LogP contribution >= 0.6 is 0 Å². The maximum atomic E-state index is 6.02. The lowest BCUT2D eigenvalue weighted by molar-refractivity contribution is 0.0360. The van der Waals surface area contributed by atoms with Crippen LogP contribution in [0, 0.1) is 0 Å². The molecular weight excluding hydrogens is 366 g/mol. The van der Waals surface area contributed by atoms with Crippen LogP contribution in [0.1, 0.15) is 18.5 Å². The van der Waals surface area contributed by atoms with Gasteiger partial charge in [0.2, 0.25) is 5.95 Å². The molecule has 2 aromatic heterocycles. The third kappa shape index (κ3) is 4.90. The number of rotatable bonds is 7. The number of hydrogen-bond acceptors (Lipinski definition) is 7. The number of morpholine rings is 1. The van der Waals surface area contributed by atoms with Gasteiger partial charge in [0.15, 0.2) is 0 Å². The fourth-order valence-corrected chi connectivity index (χ4v) is 3.50. The summed E-state index contributed by atoms with van der Waals surface area (Å²) in [5, 5.41) is 7.91. The quantitative estimate of drug-likeness (QED) is 0.637. The van der Waals surface area contributed by atoms with Gasteiger partial charge in [0, 0.05) is 44.0 Å². The number of aryl methyl sites for hydroxylation is 1. The number of nitrogens with two attached hydrogens (primary N) is 1. The molecular formula is C21H27N7O. The van der Waals surface area contributed by atoms with Crippen molar-refractivity contribution in [3.63, 3.8) is 0 Å². The van der Waals surface area contributed by atoms with E-state index in [1.165, 1.54) is 5.56 Å². The third-order valence-electron chi connectivity index (χ3n) is 5.06. The van der Waals surface area contributed by atoms with Gasteiger partial charge in [0.25, 0.3) is 0 Å². The molecule has 3 aromatic rings. The van der Waals surface area contributed by atoms with Gasteiger partial charge in [-0.1, -0.05) is 30.3 Å². The van der Waals surface area contributed by atoms with E-state index < -0.39 is 0 Å². The highest BCUT2D eigenvalue weighted by molar-refractivity contribution is 5.63. The fraction of sp³-hybridized carbons (Fsp3) is 0.381. The van der Waals surface area contributed by atoms with Gasteiger partial charge < -0.3 is 15.8 Å². The van der Waals surface area contributed by atoms with Crippen molar-refractivity contribution < 1.29 is 4.74 Å². The Labute approximate surface area is 170 Å². The van der Waals surface area contributed by atoms with Crippen molar-refractivity contribution in [1.29, 1.82) is 0 Å². The van der Waals surface area contributed by atoms with E-state index >= 15 is 0 Å². The monoisotopic (exact) mass is 393 g/mol. The zero-order chi connectivity index (χ0) is 20.1. The zero-order valence-corrected chi connectivity index (χ0v) is 16.7. The molecule has 3 N–H and O–H groups in total. The van der Waals surface area contributed by atoms with E-state index in [-0.39, 0.29) is 12.0 Å². The Hall–Kier alpha value is -2.97. The summed E-state index contributed by atoms with van der Waals surface area (Å²) in [6.45, 7) is 7.12. The van der Waals surface area contributed by atoms with Crippen molar-refractivity contribution in [2.24, 2.45) is 0 Å². The molecule has 1 aliphatic rings. The van der Waals surface area contributed by atoms with E-state index in [0.29, 0.717) is 5.82 Å². The topological polar surface area (TPSA) is 94.1 Å². The second-order valence-corrected chi connectivity index (χ2v) is 7.10. The van der Waals surface area contributed by atoms with Crippen LogP contribution in [0.2, 0.25) is 0 Å². The lowest BCUT2D eigenvalue weighted by atomic mass is 10.1. The Kier molecular flexibility index (Phi) is 6.02. The summed E-state index contributed by atoms with van der Waals surface area (Å²) < 4.78 is 7.36. The number of benzene rings is 1. The van der Waals surface area contributed by atoms with Crippen LogP contribution in [-0.2, 0) is 11.3 Å². The molecule has 0 radical (unpaired) electrons. The molecule has 8 heteroatoms. The van der Waals surface area contributed by atoms with E-state index in [1.54, 1.807) is 6.20 Å². The number of nitrogens with one attached hydrogen (secondary N) is 1. The van der Waals surface area contributed by atoms with Gasteiger partial charge in [-0.15, -0.1) is 0 Å². The van der Waals surface area contributed by atoms with E-state index in [2.05, 4.69) is 49.5 Å². The van der Waals surface area contributed by atoms with Gasteiger partial charge in [-0.25, -0.2) is 4.98 Å². The van der Waals surface area contributed by atoms with Gasteiger partial charge in [-0.05, 0) is 12.5 Å². The number of nitrogen functional groups attached to an aromatic ring is 1. The minimum Gasteiger partial charge on any atom is -0.379 e. The summed E-state index contributed by atoms with van der Waals surface area (Å²) in [4.78, 5) is 11.2. The third-order valence-corrected chi connectivity index (χ3v) is 5.06. The predicted octanol–water partition coefficient (Wildman–Crippen LogP) is 2.43. The van der Waals surface area contributed by atoms with Crippen LogP contribution in [0.4, 0.5) is 11.8 Å². The predicted molar refractivity (Wildman–Crippen MR) is 113 cm³/mol. The van der Waals surface area contributed by atoms with Crippen molar-refractivity contribution in [3.8, 4) is 11.3 Å². The first-order valence-corrected chi connectivity index (χ1v) is 10.00. The summed E-state index contributed by atoms with van der Waals surface area (Å²) in [5.41, 5.74) is 8.91. The molecule has 0 amide bonds. The zero-order valence-electron chi connectivity index (χ0n) is 16.7. The highest BCUT2D eigenvalue weighted by Crippen LogP contribution is 2.24. The number of anilines is 2. The first-order valence-electron chi connectivity index (χ1n) is 10.00. The van der Waals surface area contributed by atoms with Crippen molar-refractivity contribution in [1.82, 2.24) is 24.6 Å². The van der Waals surface area contributed by atoms with E-state index in [9.17, 15) is 0 Å². The second kappa shape index (κ2) is 9.02. The Morgan fingerprint density at radius 3 is 2.69 bits per heavy atom. The lowest BCUT2D eigenvalue weighted by Crippen LogP contribution is -2.40. The van der Waals surface area contributed by atoms with Crippen LogP contribution in [0.25, 0.3) is 11.3 Å². The molecule has 1 atom stereocenters. The number of hydrogen-bond donors (Lipinski definition) is 2. The summed E-state index contributed by atoms with van der Waals surface area (Å²) in [7, 11) is 0. The average Bonchev–Trinajstić information content (AvgIpc) is 3.24. The molecule has 1 saturated heterocycles. The van der Waals surface area contributed by atoms with Crippen LogP contribution in [0.5, 0.6) is 0 Å². The summed E-state index contributed by atoms with van der Waals surface area (Å²) in [6, 6.07) is 12.4. The number of ether oxygens (including phenoxy) is 1. The molecule has 8 nitrogen and oxygen atoms in total. The SMILES string of the molecule is CCn1cc(-c2cc(N[C@@H](CN3CCOCC3)c3ccccc3)nc(N)n2)cn1. The van der Waals surface area contributed by atoms with Crippen LogP contribution in [0.15, 0.2) is 48.8 Å². The Bertz CT molecular complexity index is 922. The molecule has 1 aliphatic heterocycles. The van der Waals surface area contributed by atoms with Gasteiger partial charge in [0.1, 0.15) is 5.82 Å². The fourth-order valence-electron chi connectivity index (χ4n) is 3.50. The van der Waals surface area contributed by atoms with Crippen LogP contribution < -0.4 is 11.1 Å².